The van der Waals surface area contributed by atoms with Crippen LogP contribution in [0, 0.1) is 46.3 Å². The molecule has 0 spiro atoms. The maximum Gasteiger partial charge on any atom is 0.414 e. The fourth-order valence-electron chi connectivity index (χ4n) is 9.07. The maximum absolute atomic E-state index is 13.2. The first-order valence-corrected chi connectivity index (χ1v) is 12.3. The van der Waals surface area contributed by atoms with Crippen molar-refractivity contribution in [2.45, 2.75) is 110 Å². The van der Waals surface area contributed by atoms with Crippen molar-refractivity contribution in [2.75, 3.05) is 0 Å². The van der Waals surface area contributed by atoms with E-state index in [4.69, 9.17) is 0 Å². The van der Waals surface area contributed by atoms with Crippen molar-refractivity contribution in [2.24, 2.45) is 46.3 Å². The summed E-state index contributed by atoms with van der Waals surface area (Å²) in [6.45, 7) is 8.40. The number of hydrogen-bond donors (Lipinski definition) is 2. The number of fused-ring (bicyclic) bond motifs is 5. The monoisotopic (exact) mass is 430 g/mol. The van der Waals surface area contributed by atoms with E-state index in [-0.39, 0.29) is 16.7 Å². The Kier molecular flexibility index (Phi) is 5.62. The molecule has 0 aromatic heterocycles. The van der Waals surface area contributed by atoms with E-state index >= 15 is 0 Å². The van der Waals surface area contributed by atoms with E-state index in [2.05, 4.69) is 20.8 Å². The molecule has 2 nitrogen and oxygen atoms in total. The molecule has 0 radical (unpaired) electrons. The van der Waals surface area contributed by atoms with E-state index in [1.807, 2.05) is 0 Å². The van der Waals surface area contributed by atoms with Gasteiger partial charge < -0.3 is 10.2 Å². The lowest BCUT2D eigenvalue weighted by atomic mass is 9.43. The number of aliphatic hydroxyl groups is 2. The average Bonchev–Trinajstić information content (AvgIpc) is 3.04. The zero-order chi connectivity index (χ0) is 22.1. The van der Waals surface area contributed by atoms with Crippen molar-refractivity contribution in [3.05, 3.63) is 0 Å². The predicted molar refractivity (Wildman–Crippen MR) is 112 cm³/mol. The van der Waals surface area contributed by atoms with Crippen molar-refractivity contribution in [3.63, 3.8) is 0 Å². The van der Waals surface area contributed by atoms with Crippen LogP contribution in [0.1, 0.15) is 91.9 Å². The molecule has 174 valence electrons. The van der Waals surface area contributed by atoms with Crippen molar-refractivity contribution in [1.29, 1.82) is 0 Å². The number of aliphatic hydroxyl groups excluding tert-OH is 1. The molecule has 4 saturated carbocycles. The molecule has 0 bridgehead atoms. The summed E-state index contributed by atoms with van der Waals surface area (Å²) in [4.78, 5) is 0. The predicted octanol–water partition coefficient (Wildman–Crippen LogP) is 6.35. The van der Waals surface area contributed by atoms with Crippen LogP contribution in [0.4, 0.5) is 13.2 Å². The second-order valence-corrected chi connectivity index (χ2v) is 12.0. The highest BCUT2D eigenvalue weighted by molar-refractivity contribution is 5.11. The molecule has 4 aliphatic carbocycles. The topological polar surface area (TPSA) is 40.5 Å². The fourth-order valence-corrected chi connectivity index (χ4v) is 9.07. The molecule has 2 N–H and O–H groups in total. The summed E-state index contributed by atoms with van der Waals surface area (Å²) in [6, 6.07) is 0. The van der Waals surface area contributed by atoms with Gasteiger partial charge >= 0.3 is 6.18 Å². The Morgan fingerprint density at radius 1 is 0.933 bits per heavy atom. The molecule has 2 unspecified atom stereocenters. The number of hydrogen-bond acceptors (Lipinski definition) is 2. The van der Waals surface area contributed by atoms with E-state index in [1.54, 1.807) is 6.92 Å². The van der Waals surface area contributed by atoms with E-state index < -0.39 is 23.8 Å². The summed E-state index contributed by atoms with van der Waals surface area (Å²) < 4.78 is 39.7. The number of alkyl halides is 3. The lowest BCUT2D eigenvalue weighted by Gasteiger charge is -2.62. The van der Waals surface area contributed by atoms with Gasteiger partial charge in [0, 0.05) is 0 Å². The Labute approximate surface area is 180 Å². The third kappa shape index (κ3) is 3.36. The highest BCUT2D eigenvalue weighted by Crippen LogP contribution is 2.69. The molecule has 0 saturated heterocycles. The molecule has 4 rings (SSSR count). The highest BCUT2D eigenvalue weighted by atomic mass is 19.4. The van der Waals surface area contributed by atoms with Gasteiger partial charge in [-0.2, -0.15) is 13.2 Å². The van der Waals surface area contributed by atoms with Gasteiger partial charge in [0.15, 0.2) is 6.10 Å². The smallest absolute Gasteiger partial charge is 0.390 e. The first-order valence-electron chi connectivity index (χ1n) is 12.3. The number of rotatable bonds is 3. The molecule has 0 aliphatic heterocycles. The van der Waals surface area contributed by atoms with Crippen molar-refractivity contribution in [1.82, 2.24) is 0 Å². The SMILES string of the molecule is CC[C@]1(O)CC[C@@]2(C)[C@H](CC[C@@H]3[C@@H]2CC[C@]2(C)[C@@H](C(C)C(O)C(F)(F)F)CC[C@@H]32)C1. The first-order chi connectivity index (χ1) is 13.9. The highest BCUT2D eigenvalue weighted by Gasteiger charge is 2.62. The van der Waals surface area contributed by atoms with Gasteiger partial charge in [0.1, 0.15) is 0 Å². The van der Waals surface area contributed by atoms with Crippen LogP contribution in [0.25, 0.3) is 0 Å². The molecule has 10 atom stereocenters. The summed E-state index contributed by atoms with van der Waals surface area (Å²) in [6.07, 6.45) is 3.19. The van der Waals surface area contributed by atoms with Crippen molar-refractivity contribution in [3.8, 4) is 0 Å². The van der Waals surface area contributed by atoms with Gasteiger partial charge in [-0.05, 0) is 111 Å². The number of halogens is 3. The van der Waals surface area contributed by atoms with Gasteiger partial charge in [-0.1, -0.05) is 27.7 Å². The summed E-state index contributed by atoms with van der Waals surface area (Å²) in [5.74, 6) is 1.49. The maximum atomic E-state index is 13.2. The van der Waals surface area contributed by atoms with Crippen LogP contribution < -0.4 is 0 Å². The molecular formula is C25H41F3O2. The Bertz CT molecular complexity index is 651. The van der Waals surface area contributed by atoms with Crippen LogP contribution in [0.5, 0.6) is 0 Å². The van der Waals surface area contributed by atoms with Crippen molar-refractivity contribution < 1.29 is 23.4 Å². The van der Waals surface area contributed by atoms with Crippen LogP contribution in [0.15, 0.2) is 0 Å². The van der Waals surface area contributed by atoms with E-state index in [1.165, 1.54) is 0 Å². The Morgan fingerprint density at radius 3 is 2.23 bits per heavy atom. The van der Waals surface area contributed by atoms with Crippen LogP contribution in [-0.2, 0) is 0 Å². The van der Waals surface area contributed by atoms with E-state index in [0.29, 0.717) is 23.7 Å². The minimum absolute atomic E-state index is 0.0536. The third-order valence-corrected chi connectivity index (χ3v) is 11.0. The minimum Gasteiger partial charge on any atom is -0.390 e. The van der Waals surface area contributed by atoms with Crippen LogP contribution in [-0.4, -0.2) is 28.1 Å². The zero-order valence-corrected chi connectivity index (χ0v) is 19.1. The fraction of sp³-hybridized carbons (Fsp3) is 1.00. The van der Waals surface area contributed by atoms with Gasteiger partial charge in [-0.15, -0.1) is 0 Å². The molecule has 30 heavy (non-hydrogen) atoms. The van der Waals surface area contributed by atoms with Gasteiger partial charge in [-0.25, -0.2) is 0 Å². The standard InChI is InChI=1S/C25H41F3O2/c1-5-24(30)13-12-22(3)16(14-24)6-7-17-19-9-8-18(15(2)21(29)25(26,27)28)23(19,4)11-10-20(17)22/h15-21,29-30H,5-14H2,1-4H3/t15?,16-,17+,18-,19+,20+,21?,22+,23-,24+/m1/s1. The third-order valence-electron chi connectivity index (χ3n) is 11.0. The summed E-state index contributed by atoms with van der Waals surface area (Å²) in [5, 5.41) is 20.9. The molecule has 4 aliphatic rings. The Balaban J connectivity index is 1.54. The molecular weight excluding hydrogens is 389 g/mol. The molecule has 4 fully saturated rings. The van der Waals surface area contributed by atoms with Gasteiger partial charge in [0.25, 0.3) is 0 Å². The normalized spacial score (nSPS) is 50.9. The summed E-state index contributed by atoms with van der Waals surface area (Å²) in [5.41, 5.74) is -0.322. The lowest BCUT2D eigenvalue weighted by Crippen LogP contribution is -2.56. The van der Waals surface area contributed by atoms with Crippen LogP contribution >= 0.6 is 0 Å². The minimum atomic E-state index is -4.53. The molecule has 0 aromatic rings. The quantitative estimate of drug-likeness (QED) is 0.548. The summed E-state index contributed by atoms with van der Waals surface area (Å²) >= 11 is 0. The molecule has 5 heteroatoms. The second-order valence-electron chi connectivity index (χ2n) is 12.0. The Hall–Kier alpha value is -0.290. The molecule has 0 aromatic carbocycles. The molecule has 0 heterocycles. The van der Waals surface area contributed by atoms with E-state index in [0.717, 1.165) is 64.2 Å². The van der Waals surface area contributed by atoms with Crippen molar-refractivity contribution >= 4 is 0 Å². The lowest BCUT2D eigenvalue weighted by molar-refractivity contribution is -0.228. The first kappa shape index (κ1) is 22.9. The molecule has 0 amide bonds. The Morgan fingerprint density at radius 2 is 1.60 bits per heavy atom. The van der Waals surface area contributed by atoms with Gasteiger partial charge in [-0.3, -0.25) is 0 Å². The van der Waals surface area contributed by atoms with E-state index in [9.17, 15) is 23.4 Å². The average molecular weight is 431 g/mol. The zero-order valence-electron chi connectivity index (χ0n) is 19.1. The van der Waals surface area contributed by atoms with Gasteiger partial charge in [0.2, 0.25) is 0 Å². The van der Waals surface area contributed by atoms with Crippen LogP contribution in [0.2, 0.25) is 0 Å². The second kappa shape index (κ2) is 7.37. The van der Waals surface area contributed by atoms with Crippen LogP contribution in [0.3, 0.4) is 0 Å². The van der Waals surface area contributed by atoms with Gasteiger partial charge in [0.05, 0.1) is 5.60 Å². The summed E-state index contributed by atoms with van der Waals surface area (Å²) in [7, 11) is 0. The largest absolute Gasteiger partial charge is 0.414 e.